The number of rotatable bonds is 4. The summed E-state index contributed by atoms with van der Waals surface area (Å²) >= 11 is 12.7. The van der Waals surface area contributed by atoms with Crippen molar-refractivity contribution in [3.05, 3.63) is 93.0 Å². The second-order valence-electron chi connectivity index (χ2n) is 9.87. The number of imidazole rings is 1. The summed E-state index contributed by atoms with van der Waals surface area (Å²) in [4.78, 5) is 34.9. The molecule has 39 heavy (non-hydrogen) atoms. The third kappa shape index (κ3) is 3.44. The minimum absolute atomic E-state index is 0.113. The Bertz CT molecular complexity index is 1720. The highest BCUT2D eigenvalue weighted by Crippen LogP contribution is 2.55. The molecule has 1 unspecified atom stereocenters. The first-order valence-corrected chi connectivity index (χ1v) is 13.0. The van der Waals surface area contributed by atoms with E-state index in [9.17, 15) is 14.0 Å². The molecule has 3 aromatic carbocycles. The van der Waals surface area contributed by atoms with E-state index in [4.69, 9.17) is 32.9 Å². The maximum atomic E-state index is 14.4. The highest BCUT2D eigenvalue weighted by molar-refractivity contribution is 6.32. The van der Waals surface area contributed by atoms with Gasteiger partial charge < -0.3 is 14.6 Å². The number of amides is 2. The topological polar surface area (TPSA) is 76.5 Å². The molecule has 198 valence electrons. The van der Waals surface area contributed by atoms with Gasteiger partial charge in [-0.1, -0.05) is 35.3 Å². The molecule has 0 aliphatic carbocycles. The standard InChI is InChI=1S/C29H23Cl2FN4O3/c1-14(2)35-25-24(34-26(35)19-9-8-18(32)13-23(19)39-4)27(37)36(22-12-17(31)6-5-15(22)3)29(25)20-10-7-16(30)11-21(20)33-28(29)38/h5-14H,1-4H3,(H,33,38). The quantitative estimate of drug-likeness (QED) is 0.297. The van der Waals surface area contributed by atoms with E-state index in [1.54, 1.807) is 42.5 Å². The Kier molecular flexibility index (Phi) is 5.75. The van der Waals surface area contributed by atoms with E-state index in [0.29, 0.717) is 44.1 Å². The van der Waals surface area contributed by atoms with Crippen LogP contribution in [0.15, 0.2) is 54.6 Å². The number of methoxy groups -OCH3 is 1. The van der Waals surface area contributed by atoms with Crippen LogP contribution in [0.25, 0.3) is 11.4 Å². The number of aromatic nitrogens is 2. The molecule has 2 amide bonds. The van der Waals surface area contributed by atoms with Crippen LogP contribution in [0.3, 0.4) is 0 Å². The number of fused-ring (bicyclic) bond motifs is 4. The number of carbonyl (C=O) groups excluding carboxylic acids is 2. The van der Waals surface area contributed by atoms with E-state index in [1.807, 2.05) is 25.3 Å². The number of nitrogens with one attached hydrogen (secondary N) is 1. The van der Waals surface area contributed by atoms with Gasteiger partial charge in [0.25, 0.3) is 11.8 Å². The van der Waals surface area contributed by atoms with E-state index in [0.717, 1.165) is 5.56 Å². The van der Waals surface area contributed by atoms with Gasteiger partial charge in [-0.2, -0.15) is 0 Å². The molecular weight excluding hydrogens is 542 g/mol. The molecule has 6 rings (SSSR count). The number of halogens is 3. The van der Waals surface area contributed by atoms with Crippen molar-refractivity contribution >= 4 is 46.4 Å². The predicted molar refractivity (Wildman–Crippen MR) is 148 cm³/mol. The molecule has 0 bridgehead atoms. The smallest absolute Gasteiger partial charge is 0.280 e. The van der Waals surface area contributed by atoms with Crippen molar-refractivity contribution in [2.75, 3.05) is 17.3 Å². The second kappa shape index (κ2) is 8.83. The Morgan fingerprint density at radius 3 is 2.46 bits per heavy atom. The summed E-state index contributed by atoms with van der Waals surface area (Å²) < 4.78 is 21.4. The maximum Gasteiger partial charge on any atom is 0.280 e. The lowest BCUT2D eigenvalue weighted by molar-refractivity contribution is -0.119. The normalized spacial score (nSPS) is 17.7. The van der Waals surface area contributed by atoms with Gasteiger partial charge in [0.2, 0.25) is 0 Å². The summed E-state index contributed by atoms with van der Waals surface area (Å²) in [5.41, 5.74) is 1.70. The Morgan fingerprint density at radius 1 is 1.03 bits per heavy atom. The molecule has 0 fully saturated rings. The van der Waals surface area contributed by atoms with Gasteiger partial charge in [0, 0.05) is 33.4 Å². The van der Waals surface area contributed by atoms with Crippen LogP contribution in [0.2, 0.25) is 10.0 Å². The summed E-state index contributed by atoms with van der Waals surface area (Å²) in [7, 11) is 1.44. The number of hydrogen-bond donors (Lipinski definition) is 1. The number of anilines is 2. The Balaban J connectivity index is 1.74. The summed E-state index contributed by atoms with van der Waals surface area (Å²) in [5.74, 6) is -0.715. The molecule has 1 aromatic heterocycles. The first-order valence-electron chi connectivity index (χ1n) is 12.3. The highest BCUT2D eigenvalue weighted by Gasteiger charge is 2.64. The van der Waals surface area contributed by atoms with Crippen LogP contribution >= 0.6 is 23.2 Å². The summed E-state index contributed by atoms with van der Waals surface area (Å²) in [6.45, 7) is 5.72. The van der Waals surface area contributed by atoms with Crippen LogP contribution in [-0.4, -0.2) is 28.5 Å². The Hall–Kier alpha value is -3.88. The molecule has 10 heteroatoms. The fourth-order valence-electron chi connectivity index (χ4n) is 5.68. The average Bonchev–Trinajstić information content (AvgIpc) is 3.49. The average molecular weight is 565 g/mol. The second-order valence-corrected chi connectivity index (χ2v) is 10.7. The van der Waals surface area contributed by atoms with Gasteiger partial charge in [0.05, 0.1) is 24.1 Å². The molecule has 2 aliphatic heterocycles. The minimum Gasteiger partial charge on any atom is -0.496 e. The van der Waals surface area contributed by atoms with Crippen molar-refractivity contribution in [2.24, 2.45) is 0 Å². The Morgan fingerprint density at radius 2 is 1.74 bits per heavy atom. The van der Waals surface area contributed by atoms with Gasteiger partial charge in [-0.05, 0) is 62.7 Å². The van der Waals surface area contributed by atoms with Crippen LogP contribution in [-0.2, 0) is 10.3 Å². The molecule has 3 heterocycles. The van der Waals surface area contributed by atoms with Crippen LogP contribution in [0, 0.1) is 12.7 Å². The zero-order valence-electron chi connectivity index (χ0n) is 21.5. The number of hydrogen-bond acceptors (Lipinski definition) is 4. The number of aryl methyl sites for hydroxylation is 1. The molecule has 7 nitrogen and oxygen atoms in total. The monoisotopic (exact) mass is 564 g/mol. The van der Waals surface area contributed by atoms with Crippen molar-refractivity contribution < 1.29 is 18.7 Å². The zero-order valence-corrected chi connectivity index (χ0v) is 23.0. The van der Waals surface area contributed by atoms with Gasteiger partial charge >= 0.3 is 0 Å². The number of ether oxygens (including phenoxy) is 1. The number of nitrogens with zero attached hydrogens (tertiary/aromatic N) is 3. The third-order valence-corrected chi connectivity index (χ3v) is 7.75. The number of carbonyl (C=O) groups is 2. The summed E-state index contributed by atoms with van der Waals surface area (Å²) in [6.07, 6.45) is 0. The molecule has 4 aromatic rings. The lowest BCUT2D eigenvalue weighted by atomic mass is 9.86. The van der Waals surface area contributed by atoms with Gasteiger partial charge in [0.1, 0.15) is 17.4 Å². The number of benzene rings is 3. The van der Waals surface area contributed by atoms with Gasteiger partial charge in [-0.3, -0.25) is 14.5 Å². The fourth-order valence-corrected chi connectivity index (χ4v) is 6.01. The van der Waals surface area contributed by atoms with Gasteiger partial charge in [0.15, 0.2) is 11.2 Å². The van der Waals surface area contributed by atoms with Gasteiger partial charge in [-0.25, -0.2) is 9.37 Å². The first-order chi connectivity index (χ1) is 18.6. The molecule has 1 N–H and O–H groups in total. The fraction of sp³-hybridized carbons (Fsp3) is 0.207. The third-order valence-electron chi connectivity index (χ3n) is 7.28. The van der Waals surface area contributed by atoms with E-state index in [2.05, 4.69) is 5.32 Å². The van der Waals surface area contributed by atoms with E-state index in [-0.39, 0.29) is 17.5 Å². The maximum absolute atomic E-state index is 14.4. The van der Waals surface area contributed by atoms with Crippen molar-refractivity contribution in [3.63, 3.8) is 0 Å². The minimum atomic E-state index is -1.61. The lowest BCUT2D eigenvalue weighted by Gasteiger charge is -2.36. The molecule has 0 radical (unpaired) electrons. The Labute approximate surface area is 234 Å². The van der Waals surface area contributed by atoms with Crippen LogP contribution in [0.5, 0.6) is 5.75 Å². The zero-order chi connectivity index (χ0) is 27.8. The molecule has 0 saturated heterocycles. The highest BCUT2D eigenvalue weighted by atomic mass is 35.5. The van der Waals surface area contributed by atoms with E-state index >= 15 is 0 Å². The van der Waals surface area contributed by atoms with Crippen LogP contribution < -0.4 is 15.0 Å². The van der Waals surface area contributed by atoms with Crippen LogP contribution in [0.4, 0.5) is 15.8 Å². The van der Waals surface area contributed by atoms with Crippen molar-refractivity contribution in [1.29, 1.82) is 0 Å². The largest absolute Gasteiger partial charge is 0.496 e. The molecule has 1 atom stereocenters. The SMILES string of the molecule is COc1cc(F)ccc1-c1nc2c(n1C(C)C)C1(C(=O)Nc3cc(Cl)ccc31)N(c1cc(Cl)ccc1C)C2=O. The predicted octanol–water partition coefficient (Wildman–Crippen LogP) is 6.75. The van der Waals surface area contributed by atoms with Gasteiger partial charge in [-0.15, -0.1) is 0 Å². The van der Waals surface area contributed by atoms with Crippen molar-refractivity contribution in [1.82, 2.24) is 9.55 Å². The van der Waals surface area contributed by atoms with E-state index < -0.39 is 23.2 Å². The molecule has 0 saturated carbocycles. The van der Waals surface area contributed by atoms with Crippen molar-refractivity contribution in [2.45, 2.75) is 32.4 Å². The van der Waals surface area contributed by atoms with E-state index in [1.165, 1.54) is 24.1 Å². The molecular formula is C29H23Cl2FN4O3. The summed E-state index contributed by atoms with van der Waals surface area (Å²) in [6, 6.07) is 14.2. The molecule has 2 aliphatic rings. The first kappa shape index (κ1) is 25.4. The van der Waals surface area contributed by atoms with Crippen molar-refractivity contribution in [3.8, 4) is 17.1 Å². The van der Waals surface area contributed by atoms with Crippen LogP contribution in [0.1, 0.15) is 47.2 Å². The summed E-state index contributed by atoms with van der Waals surface area (Å²) in [5, 5.41) is 3.80. The lowest BCUT2D eigenvalue weighted by Crippen LogP contribution is -2.51. The molecule has 1 spiro atoms.